The second-order valence-corrected chi connectivity index (χ2v) is 4.77. The Kier molecular flexibility index (Phi) is 3.23. The molecule has 0 amide bonds. The predicted octanol–water partition coefficient (Wildman–Crippen LogP) is -0.0186. The first-order valence-corrected chi connectivity index (χ1v) is 5.65. The SMILES string of the molecule is CC(NS(=O)(=O)CCl)c1ncn[nH]1. The Hall–Kier alpha value is -0.660. The Balaban J connectivity index is 2.67. The smallest absolute Gasteiger partial charge is 0.226 e. The highest BCUT2D eigenvalue weighted by molar-refractivity contribution is 7.90. The fourth-order valence-electron chi connectivity index (χ4n) is 0.780. The van der Waals surface area contributed by atoms with Crippen molar-refractivity contribution >= 4 is 21.6 Å². The first kappa shape index (κ1) is 10.4. The summed E-state index contributed by atoms with van der Waals surface area (Å²) in [4.78, 5) is 3.80. The van der Waals surface area contributed by atoms with Gasteiger partial charge in [-0.2, -0.15) is 5.10 Å². The molecular weight excluding hydrogens is 216 g/mol. The Morgan fingerprint density at radius 1 is 1.77 bits per heavy atom. The lowest BCUT2D eigenvalue weighted by Gasteiger charge is -2.08. The molecule has 0 aromatic carbocycles. The molecule has 0 saturated heterocycles. The Bertz CT molecular complexity index is 349. The largest absolute Gasteiger partial charge is 0.262 e. The van der Waals surface area contributed by atoms with Crippen LogP contribution in [0, 0.1) is 0 Å². The summed E-state index contributed by atoms with van der Waals surface area (Å²) in [7, 11) is -3.42. The second-order valence-electron chi connectivity index (χ2n) is 2.43. The molecule has 0 saturated carbocycles. The van der Waals surface area contributed by atoms with E-state index in [0.29, 0.717) is 5.82 Å². The van der Waals surface area contributed by atoms with Crippen LogP contribution in [-0.4, -0.2) is 28.8 Å². The van der Waals surface area contributed by atoms with Crippen molar-refractivity contribution in [3.05, 3.63) is 12.2 Å². The van der Waals surface area contributed by atoms with Gasteiger partial charge in [0.15, 0.2) is 0 Å². The minimum Gasteiger partial charge on any atom is -0.262 e. The third-order valence-corrected chi connectivity index (χ3v) is 3.21. The highest BCUT2D eigenvalue weighted by atomic mass is 35.5. The van der Waals surface area contributed by atoms with Crippen LogP contribution >= 0.6 is 11.6 Å². The molecule has 1 aromatic rings. The van der Waals surface area contributed by atoms with Crippen molar-refractivity contribution in [3.8, 4) is 0 Å². The number of nitrogens with one attached hydrogen (secondary N) is 2. The number of halogens is 1. The molecule has 0 aliphatic carbocycles. The van der Waals surface area contributed by atoms with Gasteiger partial charge in [0, 0.05) is 0 Å². The third kappa shape index (κ3) is 2.94. The van der Waals surface area contributed by atoms with E-state index in [4.69, 9.17) is 11.6 Å². The lowest BCUT2D eigenvalue weighted by atomic mass is 10.3. The zero-order valence-electron chi connectivity index (χ0n) is 6.86. The average molecular weight is 225 g/mol. The van der Waals surface area contributed by atoms with E-state index in [1.807, 2.05) is 0 Å². The highest BCUT2D eigenvalue weighted by Gasteiger charge is 2.15. The molecular formula is C5H9ClN4O2S. The normalized spacial score (nSPS) is 14.3. The van der Waals surface area contributed by atoms with E-state index in [1.165, 1.54) is 6.33 Å². The summed E-state index contributed by atoms with van der Waals surface area (Å²) < 4.78 is 24.3. The van der Waals surface area contributed by atoms with Crippen LogP contribution < -0.4 is 4.72 Å². The summed E-state index contributed by atoms with van der Waals surface area (Å²) in [6, 6.07) is -0.453. The number of rotatable bonds is 4. The molecule has 1 aromatic heterocycles. The van der Waals surface area contributed by atoms with Crippen molar-refractivity contribution in [2.45, 2.75) is 13.0 Å². The Labute approximate surface area is 80.8 Å². The number of hydrogen-bond donors (Lipinski definition) is 2. The standard InChI is InChI=1S/C5H9ClN4O2S/c1-4(5-7-3-8-9-5)10-13(11,12)2-6/h3-4,10H,2H2,1H3,(H,7,8,9). The van der Waals surface area contributed by atoms with Crippen molar-refractivity contribution < 1.29 is 8.42 Å². The van der Waals surface area contributed by atoms with E-state index >= 15 is 0 Å². The van der Waals surface area contributed by atoms with Crippen molar-refractivity contribution in [3.63, 3.8) is 0 Å². The molecule has 1 unspecified atom stereocenters. The fraction of sp³-hybridized carbons (Fsp3) is 0.600. The van der Waals surface area contributed by atoms with Crippen LogP contribution in [0.2, 0.25) is 0 Å². The van der Waals surface area contributed by atoms with Gasteiger partial charge in [-0.3, -0.25) is 5.10 Å². The minimum atomic E-state index is -3.42. The van der Waals surface area contributed by atoms with Crippen molar-refractivity contribution in [1.82, 2.24) is 19.9 Å². The van der Waals surface area contributed by atoms with Crippen LogP contribution in [0.5, 0.6) is 0 Å². The molecule has 0 aliphatic heterocycles. The zero-order chi connectivity index (χ0) is 9.90. The number of hydrogen-bond acceptors (Lipinski definition) is 4. The molecule has 1 rings (SSSR count). The maximum Gasteiger partial charge on any atom is 0.226 e. The van der Waals surface area contributed by atoms with E-state index in [9.17, 15) is 8.42 Å². The molecule has 0 fully saturated rings. The van der Waals surface area contributed by atoms with Gasteiger partial charge >= 0.3 is 0 Å². The van der Waals surface area contributed by atoms with Gasteiger partial charge in [0.25, 0.3) is 0 Å². The van der Waals surface area contributed by atoms with E-state index < -0.39 is 21.3 Å². The number of aromatic nitrogens is 3. The number of alkyl halides is 1. The molecule has 13 heavy (non-hydrogen) atoms. The summed E-state index contributed by atoms with van der Waals surface area (Å²) in [5.74, 6) is 0.452. The zero-order valence-corrected chi connectivity index (χ0v) is 8.43. The topological polar surface area (TPSA) is 87.7 Å². The quantitative estimate of drug-likeness (QED) is 0.704. The second kappa shape index (κ2) is 4.03. The summed E-state index contributed by atoms with van der Waals surface area (Å²) in [6.07, 6.45) is 1.31. The summed E-state index contributed by atoms with van der Waals surface area (Å²) in [5.41, 5.74) is 0. The first-order chi connectivity index (χ1) is 6.05. The third-order valence-electron chi connectivity index (χ3n) is 1.34. The van der Waals surface area contributed by atoms with Crippen LogP contribution in [-0.2, 0) is 10.0 Å². The molecule has 0 radical (unpaired) electrons. The lowest BCUT2D eigenvalue weighted by molar-refractivity contribution is 0.565. The van der Waals surface area contributed by atoms with Gasteiger partial charge in [0.05, 0.1) is 6.04 Å². The Morgan fingerprint density at radius 3 is 2.92 bits per heavy atom. The summed E-state index contributed by atoms with van der Waals surface area (Å²) >= 11 is 5.20. The van der Waals surface area contributed by atoms with E-state index in [-0.39, 0.29) is 0 Å². The van der Waals surface area contributed by atoms with Crippen molar-refractivity contribution in [2.24, 2.45) is 0 Å². The molecule has 74 valence electrons. The summed E-state index contributed by atoms with van der Waals surface area (Å²) in [5, 5.41) is 5.68. The van der Waals surface area contributed by atoms with Crippen LogP contribution in [0.1, 0.15) is 18.8 Å². The van der Waals surface area contributed by atoms with Crippen molar-refractivity contribution in [1.29, 1.82) is 0 Å². The molecule has 1 atom stereocenters. The summed E-state index contributed by atoms with van der Waals surface area (Å²) in [6.45, 7) is 1.64. The molecule has 0 spiro atoms. The number of aromatic amines is 1. The molecule has 6 nitrogen and oxygen atoms in total. The molecule has 0 bridgehead atoms. The van der Waals surface area contributed by atoms with E-state index in [1.54, 1.807) is 6.92 Å². The molecule has 8 heteroatoms. The van der Waals surface area contributed by atoms with E-state index in [2.05, 4.69) is 19.9 Å². The van der Waals surface area contributed by atoms with Gasteiger partial charge in [0.2, 0.25) is 10.0 Å². The maximum absolute atomic E-state index is 11.0. The monoisotopic (exact) mass is 224 g/mol. The van der Waals surface area contributed by atoms with Gasteiger partial charge in [-0.25, -0.2) is 18.1 Å². The van der Waals surface area contributed by atoms with Gasteiger partial charge in [-0.05, 0) is 6.92 Å². The number of H-pyrrole nitrogens is 1. The van der Waals surface area contributed by atoms with Gasteiger partial charge < -0.3 is 0 Å². The number of nitrogens with zero attached hydrogens (tertiary/aromatic N) is 2. The lowest BCUT2D eigenvalue weighted by Crippen LogP contribution is -2.28. The molecule has 0 aliphatic rings. The Morgan fingerprint density at radius 2 is 2.46 bits per heavy atom. The number of sulfonamides is 1. The van der Waals surface area contributed by atoms with Gasteiger partial charge in [0.1, 0.15) is 17.4 Å². The maximum atomic E-state index is 11.0. The average Bonchev–Trinajstić information content (AvgIpc) is 2.55. The van der Waals surface area contributed by atoms with Crippen LogP contribution in [0.15, 0.2) is 6.33 Å². The van der Waals surface area contributed by atoms with Crippen LogP contribution in [0.3, 0.4) is 0 Å². The molecule has 1 heterocycles. The minimum absolute atomic E-state index is 0.452. The van der Waals surface area contributed by atoms with Crippen LogP contribution in [0.4, 0.5) is 0 Å². The highest BCUT2D eigenvalue weighted by Crippen LogP contribution is 2.06. The fourth-order valence-corrected chi connectivity index (χ4v) is 1.68. The molecule has 2 N–H and O–H groups in total. The van der Waals surface area contributed by atoms with E-state index in [0.717, 1.165) is 0 Å². The predicted molar refractivity (Wildman–Crippen MR) is 47.6 cm³/mol. The first-order valence-electron chi connectivity index (χ1n) is 3.46. The van der Waals surface area contributed by atoms with Crippen LogP contribution in [0.25, 0.3) is 0 Å². The van der Waals surface area contributed by atoms with Gasteiger partial charge in [-0.15, -0.1) is 11.6 Å². The van der Waals surface area contributed by atoms with Crippen molar-refractivity contribution in [2.75, 3.05) is 5.21 Å². The van der Waals surface area contributed by atoms with Gasteiger partial charge in [-0.1, -0.05) is 0 Å².